The Morgan fingerprint density at radius 3 is 1.02 bits per heavy atom. The van der Waals surface area contributed by atoms with Gasteiger partial charge in [0.25, 0.3) is 7.82 Å². The summed E-state index contributed by atoms with van der Waals surface area (Å²) in [5.41, 5.74) is 0. The number of nitrogens with zero attached hydrogens (tertiary/aromatic N) is 1. The lowest BCUT2D eigenvalue weighted by molar-refractivity contribution is -0.870. The number of carbonyl (C=O) groups excluding carboxylic acids is 2. The second-order valence-electron chi connectivity index (χ2n) is 24.9. The number of rotatable bonds is 65. The van der Waals surface area contributed by atoms with Gasteiger partial charge in [0, 0.05) is 12.8 Å². The summed E-state index contributed by atoms with van der Waals surface area (Å²) in [5, 5.41) is 0. The maximum atomic E-state index is 12.9. The zero-order valence-electron chi connectivity index (χ0n) is 55.6. The average molecular weight is 1200 g/mol. The lowest BCUT2D eigenvalue weighted by atomic mass is 10.0. The van der Waals surface area contributed by atoms with Gasteiger partial charge in [-0.25, -0.2) is 0 Å². The molecule has 0 saturated heterocycles. The van der Waals surface area contributed by atoms with Crippen molar-refractivity contribution >= 4 is 19.8 Å². The number of hydrogen-bond donors (Lipinski definition) is 0. The zero-order valence-corrected chi connectivity index (χ0v) is 56.5. The minimum Gasteiger partial charge on any atom is -0.756 e. The van der Waals surface area contributed by atoms with Crippen molar-refractivity contribution in [3.8, 4) is 0 Å². The van der Waals surface area contributed by atoms with Crippen LogP contribution in [0.15, 0.2) is 85.1 Å². The van der Waals surface area contributed by atoms with Crippen LogP contribution in [0.5, 0.6) is 0 Å². The van der Waals surface area contributed by atoms with Gasteiger partial charge in [-0.2, -0.15) is 0 Å². The predicted octanol–water partition coefficient (Wildman–Crippen LogP) is 22.3. The Morgan fingerprint density at radius 2 is 0.679 bits per heavy atom. The molecule has 0 radical (unpaired) electrons. The number of likely N-dealkylation sites (N-methyl/N-ethyl adjacent to an activating group) is 1. The number of phosphoric ester groups is 1. The van der Waals surface area contributed by atoms with Crippen LogP contribution in [0.2, 0.25) is 0 Å². The van der Waals surface area contributed by atoms with Gasteiger partial charge < -0.3 is 27.9 Å². The molecule has 0 aliphatic heterocycles. The normalized spacial score (nSPS) is 13.6. The van der Waals surface area contributed by atoms with Gasteiger partial charge in [0.15, 0.2) is 6.10 Å². The van der Waals surface area contributed by atoms with Crippen molar-refractivity contribution in [3.05, 3.63) is 85.1 Å². The summed E-state index contributed by atoms with van der Waals surface area (Å²) in [6, 6.07) is 0. The van der Waals surface area contributed by atoms with Crippen molar-refractivity contribution in [3.63, 3.8) is 0 Å². The number of hydrogen-bond acceptors (Lipinski definition) is 8. The van der Waals surface area contributed by atoms with E-state index in [0.29, 0.717) is 17.4 Å². The highest BCUT2D eigenvalue weighted by molar-refractivity contribution is 7.45. The van der Waals surface area contributed by atoms with E-state index in [1.165, 1.54) is 212 Å². The quantitative estimate of drug-likeness (QED) is 0.0195. The van der Waals surface area contributed by atoms with E-state index in [1.807, 2.05) is 21.1 Å². The number of esters is 2. The lowest BCUT2D eigenvalue weighted by Crippen LogP contribution is -2.37. The minimum absolute atomic E-state index is 0.0327. The van der Waals surface area contributed by atoms with Crippen molar-refractivity contribution < 1.29 is 42.1 Å². The van der Waals surface area contributed by atoms with Crippen molar-refractivity contribution in [2.45, 2.75) is 328 Å². The fraction of sp³-hybridized carbons (Fsp3) is 0.784. The number of unbranched alkanes of at least 4 members (excludes halogenated alkanes) is 37. The molecule has 0 amide bonds. The van der Waals surface area contributed by atoms with Crippen LogP contribution in [0, 0.1) is 0 Å². The highest BCUT2D eigenvalue weighted by atomic mass is 31.2. The molecule has 0 fully saturated rings. The van der Waals surface area contributed by atoms with E-state index >= 15 is 0 Å². The minimum atomic E-state index is -4.65. The number of carbonyl (C=O) groups is 2. The summed E-state index contributed by atoms with van der Waals surface area (Å²) in [6.07, 6.45) is 88.1. The van der Waals surface area contributed by atoms with Gasteiger partial charge >= 0.3 is 11.9 Å². The largest absolute Gasteiger partial charge is 0.756 e. The Hall–Kier alpha value is -2.81. The van der Waals surface area contributed by atoms with Crippen molar-refractivity contribution in [2.24, 2.45) is 0 Å². The first-order valence-corrected chi connectivity index (χ1v) is 36.8. The van der Waals surface area contributed by atoms with E-state index in [0.717, 1.165) is 77.0 Å². The molecule has 0 aliphatic rings. The van der Waals surface area contributed by atoms with E-state index in [4.69, 9.17) is 18.5 Å². The van der Waals surface area contributed by atoms with E-state index in [-0.39, 0.29) is 32.0 Å². The van der Waals surface area contributed by atoms with Crippen LogP contribution in [-0.4, -0.2) is 70.0 Å². The van der Waals surface area contributed by atoms with Gasteiger partial charge in [0.2, 0.25) is 0 Å². The molecule has 10 heteroatoms. The monoisotopic (exact) mass is 1200 g/mol. The summed E-state index contributed by atoms with van der Waals surface area (Å²) in [4.78, 5) is 38.1. The molecule has 0 saturated carbocycles. The molecule has 0 aromatic rings. The van der Waals surface area contributed by atoms with Crippen LogP contribution in [-0.2, 0) is 32.7 Å². The van der Waals surface area contributed by atoms with E-state index in [9.17, 15) is 19.0 Å². The first kappa shape index (κ1) is 81.2. The SMILES string of the molecule is CC/C=C\C/C=C\C/C=C\C/C=C\C/C=C\C/C=C\CCCCCCCCCCCCCCC(=O)OC(COC(=O)CCCCCCCCCCCCCCCCCCC/C=C\CCCCCCCCCC)COP(=O)([O-])OCC[N+](C)(C)C. The van der Waals surface area contributed by atoms with Crippen molar-refractivity contribution in [1.29, 1.82) is 0 Å². The highest BCUT2D eigenvalue weighted by Gasteiger charge is 2.22. The molecule has 2 atom stereocenters. The third-order valence-electron chi connectivity index (χ3n) is 15.4. The van der Waals surface area contributed by atoms with Crippen LogP contribution >= 0.6 is 7.82 Å². The molecule has 0 aromatic carbocycles. The second-order valence-corrected chi connectivity index (χ2v) is 26.3. The number of allylic oxidation sites excluding steroid dienone is 14. The van der Waals surface area contributed by atoms with E-state index < -0.39 is 26.5 Å². The molecule has 488 valence electrons. The summed E-state index contributed by atoms with van der Waals surface area (Å²) < 4.78 is 34.3. The lowest BCUT2D eigenvalue weighted by Gasteiger charge is -2.28. The van der Waals surface area contributed by atoms with Gasteiger partial charge in [-0.05, 0) is 89.9 Å². The third-order valence-corrected chi connectivity index (χ3v) is 16.4. The molecular weight excluding hydrogens is 1060 g/mol. The summed E-state index contributed by atoms with van der Waals surface area (Å²) >= 11 is 0. The number of quaternary nitrogens is 1. The van der Waals surface area contributed by atoms with Crippen molar-refractivity contribution in [1.82, 2.24) is 0 Å². The smallest absolute Gasteiger partial charge is 0.306 e. The molecule has 2 unspecified atom stereocenters. The molecule has 0 bridgehead atoms. The van der Waals surface area contributed by atoms with Crippen molar-refractivity contribution in [2.75, 3.05) is 47.5 Å². The third kappa shape index (κ3) is 68.3. The Labute approximate surface area is 520 Å². The fourth-order valence-corrected chi connectivity index (χ4v) is 10.7. The summed E-state index contributed by atoms with van der Waals surface area (Å²) in [6.45, 7) is 4.16. The van der Waals surface area contributed by atoms with Gasteiger partial charge in [-0.15, -0.1) is 0 Å². The molecule has 0 N–H and O–H groups in total. The molecule has 0 spiro atoms. The molecule has 0 aromatic heterocycles. The molecule has 0 rings (SSSR count). The molecule has 9 nitrogen and oxygen atoms in total. The van der Waals surface area contributed by atoms with Gasteiger partial charge in [0.1, 0.15) is 19.8 Å². The maximum Gasteiger partial charge on any atom is 0.306 e. The molecule has 0 heterocycles. The highest BCUT2D eigenvalue weighted by Crippen LogP contribution is 2.38. The van der Waals surface area contributed by atoms with Crippen LogP contribution in [0.25, 0.3) is 0 Å². The maximum absolute atomic E-state index is 12.9. The predicted molar refractivity (Wildman–Crippen MR) is 360 cm³/mol. The summed E-state index contributed by atoms with van der Waals surface area (Å²) in [5.74, 6) is -0.825. The standard InChI is InChI=1S/C74H134NO8P/c1-6-8-10-12-14-16-18-20-22-24-26-28-30-32-34-36-37-39-41-43-45-47-49-51-53-55-57-59-61-63-65-67-74(77)83-72(71-82-84(78,79)81-69-68-75(3,4)5)70-80-73(76)66-64-62-60-58-56-54-52-50-48-46-44-42-40-38-35-33-31-29-27-25-23-21-19-17-15-13-11-9-7-2/h8,10,14,16,20,22,25-28,32,34,37,39,72H,6-7,9,11-13,15,17-19,21,23-24,29-31,33,35-36,38,40-71H2,1-5H3/b10-8-,16-14-,22-20-,27-25-,28-26-,34-32-,39-37-. The Balaban J connectivity index is 4.04. The average Bonchev–Trinajstić information content (AvgIpc) is 3.61. The number of ether oxygens (including phenoxy) is 2. The fourth-order valence-electron chi connectivity index (χ4n) is 10.0. The molecule has 0 aliphatic carbocycles. The first-order chi connectivity index (χ1) is 41.0. The van der Waals surface area contributed by atoms with E-state index in [2.05, 4.69) is 98.9 Å². The van der Waals surface area contributed by atoms with Crippen LogP contribution in [0.4, 0.5) is 0 Å². The molecule has 84 heavy (non-hydrogen) atoms. The van der Waals surface area contributed by atoms with Gasteiger partial charge in [0.05, 0.1) is 27.7 Å². The topological polar surface area (TPSA) is 111 Å². The summed E-state index contributed by atoms with van der Waals surface area (Å²) in [7, 11) is 1.17. The second kappa shape index (κ2) is 64.7. The Bertz CT molecular complexity index is 1690. The van der Waals surface area contributed by atoms with Gasteiger partial charge in [-0.1, -0.05) is 304 Å². The van der Waals surface area contributed by atoms with Crippen LogP contribution in [0.3, 0.4) is 0 Å². The Morgan fingerprint density at radius 1 is 0.381 bits per heavy atom. The zero-order chi connectivity index (χ0) is 61.2. The van der Waals surface area contributed by atoms with E-state index in [1.54, 1.807) is 0 Å². The van der Waals surface area contributed by atoms with Gasteiger partial charge in [-0.3, -0.25) is 14.2 Å². The van der Waals surface area contributed by atoms with Crippen LogP contribution < -0.4 is 4.89 Å². The number of phosphoric acid groups is 1. The first-order valence-electron chi connectivity index (χ1n) is 35.3. The van der Waals surface area contributed by atoms with Crippen LogP contribution in [0.1, 0.15) is 322 Å². The molecular formula is C74H134NO8P. The Kier molecular flexibility index (Phi) is 62.5.